The van der Waals surface area contributed by atoms with Crippen LogP contribution in [-0.2, 0) is 16.2 Å². The molecule has 0 saturated heterocycles. The van der Waals surface area contributed by atoms with Crippen molar-refractivity contribution < 1.29 is 0 Å². The number of hydrogen-bond acceptors (Lipinski definition) is 2. The number of nitrogens with zero attached hydrogens (tertiary/aromatic N) is 2. The predicted octanol–water partition coefficient (Wildman–Crippen LogP) is 18.8. The number of hydrogen-bond donors (Lipinski definition) is 0. The second-order valence-electron chi connectivity index (χ2n) is 28.1. The molecular weight excluding hydrogens is 960 g/mol. The maximum absolute atomic E-state index is 2.91. The van der Waals surface area contributed by atoms with Gasteiger partial charge in [-0.25, -0.2) is 0 Å². The van der Waals surface area contributed by atoms with Crippen LogP contribution in [0.5, 0.6) is 0 Å². The number of fused-ring (bicyclic) bond motifs is 13. The number of rotatable bonds is 4. The van der Waals surface area contributed by atoms with Gasteiger partial charge in [0.05, 0.1) is 11.4 Å². The minimum absolute atomic E-state index is 0.0232. The van der Waals surface area contributed by atoms with E-state index in [0.717, 1.165) is 35.5 Å². The highest BCUT2D eigenvalue weighted by Crippen LogP contribution is 2.64. The maximum atomic E-state index is 2.91. The maximum Gasteiger partial charge on any atom is 0.333 e. The Morgan fingerprint density at radius 2 is 1.06 bits per heavy atom. The molecule has 8 aliphatic carbocycles. The SMILES string of the molecule is CC(C)(C)c1ccc(N2c3cc4c(cc3B3c5c(cc6ccccc6c52)-c2cc(C56CC7CC(CC(C7)C5)C6)cc5c6cc(C78CC9CC(CC(C9)C7)C8)ccc6n3c25)sc2cc3ccccc3cc24)c(-c2ccccc2)c1. The first kappa shape index (κ1) is 44.3. The summed E-state index contributed by atoms with van der Waals surface area (Å²) < 4.78 is 5.65. The lowest BCUT2D eigenvalue weighted by molar-refractivity contribution is -0.00527. The van der Waals surface area contributed by atoms with Gasteiger partial charge in [0, 0.05) is 64.2 Å². The fourth-order valence-electron chi connectivity index (χ4n) is 20.1. The van der Waals surface area contributed by atoms with Crippen molar-refractivity contribution in [2.24, 2.45) is 35.5 Å². The molecule has 11 aromatic rings. The van der Waals surface area contributed by atoms with Crippen molar-refractivity contribution >= 4 is 110 Å². The van der Waals surface area contributed by atoms with Gasteiger partial charge in [0.15, 0.2) is 0 Å². The van der Waals surface area contributed by atoms with Crippen LogP contribution in [0.4, 0.5) is 17.1 Å². The molecule has 0 unspecified atom stereocenters. The van der Waals surface area contributed by atoms with Crippen LogP contribution in [-0.4, -0.2) is 11.3 Å². The minimum Gasteiger partial charge on any atom is -0.375 e. The van der Waals surface area contributed by atoms with Crippen LogP contribution in [0, 0.1) is 35.5 Å². The molecule has 380 valence electrons. The fourth-order valence-corrected chi connectivity index (χ4v) is 21.2. The first-order valence-corrected chi connectivity index (χ1v) is 31.0. The van der Waals surface area contributed by atoms with Gasteiger partial charge in [0.2, 0.25) is 0 Å². The summed E-state index contributed by atoms with van der Waals surface area (Å²) in [6, 6.07) is 63.8. The van der Waals surface area contributed by atoms with E-state index in [1.165, 1.54) is 196 Å². The normalized spacial score (nSPS) is 27.1. The Bertz CT molecular complexity index is 4400. The van der Waals surface area contributed by atoms with E-state index in [1.54, 1.807) is 11.1 Å². The molecule has 2 aromatic heterocycles. The Kier molecular flexibility index (Phi) is 8.62. The fraction of sp³-hybridized carbons (Fsp3) is 0.324. The second kappa shape index (κ2) is 15.2. The predicted molar refractivity (Wildman–Crippen MR) is 332 cm³/mol. The van der Waals surface area contributed by atoms with Crippen molar-refractivity contribution in [2.45, 2.75) is 114 Å². The Morgan fingerprint density at radius 1 is 0.462 bits per heavy atom. The number of aromatic nitrogens is 1. The molecule has 21 rings (SSSR count). The third kappa shape index (κ3) is 5.96. The first-order chi connectivity index (χ1) is 38.1. The zero-order valence-corrected chi connectivity index (χ0v) is 46.2. The summed E-state index contributed by atoms with van der Waals surface area (Å²) in [6.45, 7) is 7.06. The summed E-state index contributed by atoms with van der Waals surface area (Å²) in [6.07, 6.45) is 17.1. The molecule has 0 radical (unpaired) electrons. The van der Waals surface area contributed by atoms with E-state index in [2.05, 4.69) is 188 Å². The Morgan fingerprint density at radius 3 is 1.76 bits per heavy atom. The van der Waals surface area contributed by atoms with Crippen LogP contribution in [0.2, 0.25) is 0 Å². The molecule has 0 amide bonds. The smallest absolute Gasteiger partial charge is 0.333 e. The minimum atomic E-state index is -0.0307. The molecule has 2 aliphatic heterocycles. The monoisotopic (exact) mass is 1020 g/mol. The van der Waals surface area contributed by atoms with Crippen LogP contribution in [0.25, 0.3) is 85.8 Å². The van der Waals surface area contributed by atoms with Crippen molar-refractivity contribution in [2.75, 3.05) is 4.90 Å². The van der Waals surface area contributed by atoms with Gasteiger partial charge in [0.25, 0.3) is 0 Å². The van der Waals surface area contributed by atoms with Gasteiger partial charge >= 0.3 is 6.85 Å². The number of anilines is 3. The summed E-state index contributed by atoms with van der Waals surface area (Å²) in [7, 11) is 0. The van der Waals surface area contributed by atoms with Gasteiger partial charge in [-0.05, 0) is 250 Å². The highest BCUT2D eigenvalue weighted by Gasteiger charge is 2.54. The summed E-state index contributed by atoms with van der Waals surface area (Å²) in [5.41, 5.74) is 20.3. The lowest BCUT2D eigenvalue weighted by Gasteiger charge is -2.57. The molecule has 0 atom stereocenters. The van der Waals surface area contributed by atoms with Crippen molar-refractivity contribution in [3.63, 3.8) is 0 Å². The van der Waals surface area contributed by atoms with E-state index >= 15 is 0 Å². The average molecular weight is 1030 g/mol. The van der Waals surface area contributed by atoms with Crippen molar-refractivity contribution in [3.8, 4) is 22.3 Å². The lowest BCUT2D eigenvalue weighted by atomic mass is 9.44. The average Bonchev–Trinajstić information content (AvgIpc) is 4.16. The zero-order chi connectivity index (χ0) is 51.1. The van der Waals surface area contributed by atoms with Gasteiger partial charge in [-0.1, -0.05) is 112 Å². The highest BCUT2D eigenvalue weighted by atomic mass is 32.1. The van der Waals surface area contributed by atoms with E-state index in [4.69, 9.17) is 0 Å². The van der Waals surface area contributed by atoms with E-state index < -0.39 is 0 Å². The first-order valence-electron chi connectivity index (χ1n) is 30.2. The van der Waals surface area contributed by atoms with E-state index in [1.807, 2.05) is 11.3 Å². The summed E-state index contributed by atoms with van der Waals surface area (Å²) in [4.78, 5) is 2.77. The van der Waals surface area contributed by atoms with E-state index in [-0.39, 0.29) is 17.7 Å². The number of thiophene rings is 1. The molecule has 2 nitrogen and oxygen atoms in total. The van der Waals surface area contributed by atoms with E-state index in [9.17, 15) is 0 Å². The second-order valence-corrected chi connectivity index (χ2v) is 29.2. The summed E-state index contributed by atoms with van der Waals surface area (Å²) in [5, 5.41) is 11.0. The van der Waals surface area contributed by atoms with Crippen molar-refractivity contribution in [1.29, 1.82) is 0 Å². The number of benzene rings is 9. The van der Waals surface area contributed by atoms with Gasteiger partial charge in [0.1, 0.15) is 0 Å². The summed E-state index contributed by atoms with van der Waals surface area (Å²) in [5.74, 6) is 5.35. The Hall–Kier alpha value is -6.62. The summed E-state index contributed by atoms with van der Waals surface area (Å²) >= 11 is 1.98. The third-order valence-electron chi connectivity index (χ3n) is 22.5. The van der Waals surface area contributed by atoms with Crippen LogP contribution in [0.15, 0.2) is 158 Å². The molecule has 8 fully saturated rings. The topological polar surface area (TPSA) is 8.17 Å². The highest BCUT2D eigenvalue weighted by molar-refractivity contribution is 7.26. The molecule has 4 heteroatoms. The van der Waals surface area contributed by atoms with Crippen molar-refractivity contribution in [1.82, 2.24) is 4.48 Å². The standard InChI is InChI=1S/C74H65BN2S/c1-72(2,3)52-17-19-64(56(30-52)48-11-5-4-6-12-48)76-66-34-59-58-27-49-13-7-8-14-50(49)29-67(58)78-68(59)35-63(66)75-69-60(28-51-15-9-10-16-55(51)71(69)76)62-33-54(74-39-45-24-46(40-74)26-47(25-45)41-74)32-61-57-31-53(18-20-65(57)77(75)70(61)62)73-36-42-21-43(37-73)23-44(22-42)38-73/h4-20,27-35,42-47H,21-26,36-41H2,1-3H3. The van der Waals surface area contributed by atoms with Crippen LogP contribution >= 0.6 is 11.3 Å². The van der Waals surface area contributed by atoms with E-state index in [0.29, 0.717) is 5.41 Å². The molecule has 0 spiro atoms. The molecule has 4 heterocycles. The van der Waals surface area contributed by atoms with Crippen molar-refractivity contribution in [3.05, 3.63) is 174 Å². The molecule has 10 aliphatic rings. The molecular formula is C74H65BN2S. The Balaban J connectivity index is 0.955. The molecule has 9 aromatic carbocycles. The van der Waals surface area contributed by atoms with Crippen LogP contribution in [0.3, 0.4) is 0 Å². The molecule has 0 N–H and O–H groups in total. The molecule has 78 heavy (non-hydrogen) atoms. The van der Waals surface area contributed by atoms with Crippen LogP contribution < -0.4 is 15.8 Å². The lowest BCUT2D eigenvalue weighted by Crippen LogP contribution is -2.56. The van der Waals surface area contributed by atoms with Gasteiger partial charge in [-0.2, -0.15) is 0 Å². The van der Waals surface area contributed by atoms with Gasteiger partial charge in [-0.3, -0.25) is 0 Å². The quantitative estimate of drug-likeness (QED) is 0.160. The zero-order valence-electron chi connectivity index (χ0n) is 45.3. The molecule has 8 saturated carbocycles. The van der Waals surface area contributed by atoms with Gasteiger partial charge < -0.3 is 9.38 Å². The van der Waals surface area contributed by atoms with Gasteiger partial charge in [-0.15, -0.1) is 11.3 Å². The largest absolute Gasteiger partial charge is 0.375 e. The Labute approximate surface area is 462 Å². The third-order valence-corrected chi connectivity index (χ3v) is 23.6. The van der Waals surface area contributed by atoms with Crippen LogP contribution in [0.1, 0.15) is 115 Å². The molecule has 8 bridgehead atoms.